The molecule has 0 unspecified atom stereocenters. The van der Waals surface area contributed by atoms with E-state index in [4.69, 9.17) is 22.5 Å². The number of rotatable bonds is 3. The maximum Gasteiger partial charge on any atom is 0.253 e. The van der Waals surface area contributed by atoms with Crippen molar-refractivity contribution in [2.45, 2.75) is 37.6 Å². The summed E-state index contributed by atoms with van der Waals surface area (Å²) in [7, 11) is 0. The van der Waals surface area contributed by atoms with Crippen molar-refractivity contribution in [1.29, 1.82) is 0 Å². The predicted octanol–water partition coefficient (Wildman–Crippen LogP) is 3.28. The Morgan fingerprint density at radius 1 is 1.38 bits per heavy atom. The third-order valence-corrected chi connectivity index (χ3v) is 5.15. The summed E-state index contributed by atoms with van der Waals surface area (Å²) in [5, 5.41) is 15.4. The summed E-state index contributed by atoms with van der Waals surface area (Å²) >= 11 is 9.44. The number of nitrogens with one attached hydrogen (secondary N) is 1. The molecule has 1 aliphatic carbocycles. The van der Waals surface area contributed by atoms with Crippen molar-refractivity contribution < 1.29 is 10.0 Å². The zero-order valence-electron chi connectivity index (χ0n) is 11.4. The molecule has 7 heteroatoms. The molecular formula is C14H17BrClN3O2. The van der Waals surface area contributed by atoms with Gasteiger partial charge in [-0.1, -0.05) is 42.1 Å². The SMILES string of the molecule is N/C(=N/O)C1(NC(=O)c2cccc(Br)c2Cl)CCCCC1. The summed E-state index contributed by atoms with van der Waals surface area (Å²) in [6, 6.07) is 5.15. The van der Waals surface area contributed by atoms with Crippen LogP contribution >= 0.6 is 27.5 Å². The topological polar surface area (TPSA) is 87.7 Å². The standard InChI is InChI=1S/C14H17BrClN3O2/c15-10-6-4-5-9(11(10)16)12(20)18-14(13(17)19-21)7-2-1-3-8-14/h4-6,21H,1-3,7-8H2,(H2,17,19)(H,18,20). The molecule has 0 saturated heterocycles. The van der Waals surface area contributed by atoms with E-state index in [9.17, 15) is 4.79 Å². The summed E-state index contributed by atoms with van der Waals surface area (Å²) in [4.78, 5) is 12.5. The quantitative estimate of drug-likeness (QED) is 0.328. The zero-order chi connectivity index (χ0) is 15.5. The van der Waals surface area contributed by atoms with E-state index in [0.717, 1.165) is 19.3 Å². The van der Waals surface area contributed by atoms with E-state index >= 15 is 0 Å². The number of nitrogens with two attached hydrogens (primary N) is 1. The first-order chi connectivity index (χ1) is 10.00. The van der Waals surface area contributed by atoms with Gasteiger partial charge in [-0.05, 0) is 40.9 Å². The average Bonchev–Trinajstić information content (AvgIpc) is 2.50. The number of oxime groups is 1. The van der Waals surface area contributed by atoms with Crippen molar-refractivity contribution >= 4 is 39.3 Å². The van der Waals surface area contributed by atoms with Crippen LogP contribution in [0.15, 0.2) is 27.8 Å². The van der Waals surface area contributed by atoms with Crippen molar-refractivity contribution in [2.24, 2.45) is 10.9 Å². The van der Waals surface area contributed by atoms with Gasteiger partial charge in [0.05, 0.1) is 10.6 Å². The number of hydrogen-bond donors (Lipinski definition) is 3. The van der Waals surface area contributed by atoms with Gasteiger partial charge in [0.2, 0.25) is 0 Å². The number of amides is 1. The zero-order valence-corrected chi connectivity index (χ0v) is 13.7. The molecule has 0 radical (unpaired) electrons. The molecule has 0 aromatic heterocycles. The van der Waals surface area contributed by atoms with E-state index in [0.29, 0.717) is 27.9 Å². The van der Waals surface area contributed by atoms with Crippen LogP contribution in [0, 0.1) is 0 Å². The van der Waals surface area contributed by atoms with Crippen molar-refractivity contribution in [3.05, 3.63) is 33.3 Å². The highest BCUT2D eigenvalue weighted by Gasteiger charge is 2.38. The van der Waals surface area contributed by atoms with Gasteiger partial charge in [0.15, 0.2) is 5.84 Å². The molecule has 1 aromatic carbocycles. The highest BCUT2D eigenvalue weighted by atomic mass is 79.9. The highest BCUT2D eigenvalue weighted by molar-refractivity contribution is 9.10. The van der Waals surface area contributed by atoms with Gasteiger partial charge in [-0.2, -0.15) is 0 Å². The first kappa shape index (κ1) is 16.1. The molecule has 5 nitrogen and oxygen atoms in total. The van der Waals surface area contributed by atoms with E-state index < -0.39 is 5.54 Å². The van der Waals surface area contributed by atoms with Crippen LogP contribution < -0.4 is 11.1 Å². The Morgan fingerprint density at radius 3 is 2.67 bits per heavy atom. The molecule has 4 N–H and O–H groups in total. The normalized spacial score (nSPS) is 18.3. The minimum atomic E-state index is -0.796. The van der Waals surface area contributed by atoms with Crippen LogP contribution in [0.4, 0.5) is 0 Å². The Morgan fingerprint density at radius 2 is 2.05 bits per heavy atom. The van der Waals surface area contributed by atoms with E-state index in [1.54, 1.807) is 18.2 Å². The molecule has 0 spiro atoms. The van der Waals surface area contributed by atoms with Crippen LogP contribution in [-0.4, -0.2) is 22.5 Å². The van der Waals surface area contributed by atoms with Crippen LogP contribution in [0.5, 0.6) is 0 Å². The molecule has 0 atom stereocenters. The number of carbonyl (C=O) groups excluding carboxylic acids is 1. The Balaban J connectivity index is 2.28. The van der Waals surface area contributed by atoms with Gasteiger partial charge < -0.3 is 16.3 Å². The minimum Gasteiger partial charge on any atom is -0.409 e. The summed E-state index contributed by atoms with van der Waals surface area (Å²) in [5.41, 5.74) is 5.39. The molecule has 21 heavy (non-hydrogen) atoms. The summed E-state index contributed by atoms with van der Waals surface area (Å²) in [5.74, 6) is -0.281. The van der Waals surface area contributed by atoms with Gasteiger partial charge in [-0.15, -0.1) is 0 Å². The Hall–Kier alpha value is -1.27. The molecule has 2 rings (SSSR count). The third-order valence-electron chi connectivity index (χ3n) is 3.85. The van der Waals surface area contributed by atoms with Gasteiger partial charge >= 0.3 is 0 Å². The third kappa shape index (κ3) is 3.32. The lowest BCUT2D eigenvalue weighted by Gasteiger charge is -2.36. The Labute approximate surface area is 136 Å². The average molecular weight is 375 g/mol. The van der Waals surface area contributed by atoms with E-state index in [1.165, 1.54) is 0 Å². The Kier molecular flexibility index (Phi) is 5.11. The number of hydrogen-bond acceptors (Lipinski definition) is 3. The molecule has 1 aliphatic rings. The van der Waals surface area contributed by atoms with Crippen molar-refractivity contribution in [3.8, 4) is 0 Å². The molecule has 1 saturated carbocycles. The Bertz CT molecular complexity index is 571. The molecule has 0 bridgehead atoms. The van der Waals surface area contributed by atoms with Crippen LogP contribution in [0.2, 0.25) is 5.02 Å². The molecule has 0 heterocycles. The van der Waals surface area contributed by atoms with E-state index in [-0.39, 0.29) is 11.7 Å². The molecule has 0 aliphatic heterocycles. The monoisotopic (exact) mass is 373 g/mol. The highest BCUT2D eigenvalue weighted by Crippen LogP contribution is 2.30. The molecule has 114 valence electrons. The first-order valence-corrected chi connectivity index (χ1v) is 7.92. The maximum absolute atomic E-state index is 12.5. The smallest absolute Gasteiger partial charge is 0.253 e. The number of carbonyl (C=O) groups is 1. The van der Waals surface area contributed by atoms with Crippen LogP contribution in [0.25, 0.3) is 0 Å². The van der Waals surface area contributed by atoms with Gasteiger partial charge in [0, 0.05) is 4.47 Å². The van der Waals surface area contributed by atoms with Crippen LogP contribution in [-0.2, 0) is 0 Å². The molecule has 1 fully saturated rings. The second-order valence-electron chi connectivity index (χ2n) is 5.18. The minimum absolute atomic E-state index is 0.0432. The lowest BCUT2D eigenvalue weighted by atomic mass is 9.80. The van der Waals surface area contributed by atoms with Crippen molar-refractivity contribution in [1.82, 2.24) is 5.32 Å². The predicted molar refractivity (Wildman–Crippen MR) is 85.8 cm³/mol. The van der Waals surface area contributed by atoms with Crippen LogP contribution in [0.1, 0.15) is 42.5 Å². The van der Waals surface area contributed by atoms with Gasteiger partial charge in [-0.25, -0.2) is 0 Å². The van der Waals surface area contributed by atoms with Crippen molar-refractivity contribution in [2.75, 3.05) is 0 Å². The van der Waals surface area contributed by atoms with Gasteiger partial charge in [-0.3, -0.25) is 4.79 Å². The largest absolute Gasteiger partial charge is 0.409 e. The second-order valence-corrected chi connectivity index (χ2v) is 6.42. The number of nitrogens with zero attached hydrogens (tertiary/aromatic N) is 1. The fourth-order valence-corrected chi connectivity index (χ4v) is 3.24. The molecule has 1 aromatic rings. The number of halogens is 2. The van der Waals surface area contributed by atoms with E-state index in [2.05, 4.69) is 26.4 Å². The lowest BCUT2D eigenvalue weighted by molar-refractivity contribution is 0.0906. The van der Waals surface area contributed by atoms with Gasteiger partial charge in [0.1, 0.15) is 5.54 Å². The first-order valence-electron chi connectivity index (χ1n) is 6.75. The fraction of sp³-hybridized carbons (Fsp3) is 0.429. The van der Waals surface area contributed by atoms with Gasteiger partial charge in [0.25, 0.3) is 5.91 Å². The van der Waals surface area contributed by atoms with E-state index in [1.807, 2.05) is 0 Å². The number of amidine groups is 1. The second kappa shape index (κ2) is 6.66. The number of benzene rings is 1. The summed E-state index contributed by atoms with van der Waals surface area (Å²) < 4.78 is 0.651. The molecule has 1 amide bonds. The summed E-state index contributed by atoms with van der Waals surface area (Å²) in [6.07, 6.45) is 4.22. The summed E-state index contributed by atoms with van der Waals surface area (Å²) in [6.45, 7) is 0. The maximum atomic E-state index is 12.5. The van der Waals surface area contributed by atoms with Crippen LogP contribution in [0.3, 0.4) is 0 Å². The molecular weight excluding hydrogens is 358 g/mol. The fourth-order valence-electron chi connectivity index (χ4n) is 2.66. The van der Waals surface area contributed by atoms with Crippen molar-refractivity contribution in [3.63, 3.8) is 0 Å². The lowest BCUT2D eigenvalue weighted by Crippen LogP contribution is -2.58.